The van der Waals surface area contributed by atoms with Crippen molar-refractivity contribution in [1.29, 1.82) is 0 Å². The van der Waals surface area contributed by atoms with E-state index in [0.717, 1.165) is 6.20 Å². The number of amides is 1. The van der Waals surface area contributed by atoms with Crippen LogP contribution in [0.3, 0.4) is 0 Å². The maximum Gasteiger partial charge on any atom is 0.240 e. The number of carbonyl (C=O) groups is 1. The van der Waals surface area contributed by atoms with Gasteiger partial charge in [-0.05, 0) is 48.9 Å². The van der Waals surface area contributed by atoms with Gasteiger partial charge in [0, 0.05) is 22.5 Å². The summed E-state index contributed by atoms with van der Waals surface area (Å²) in [6.45, 7) is 1.72. The number of sulfonamides is 1. The Morgan fingerprint density at radius 1 is 1.18 bits per heavy atom. The van der Waals surface area contributed by atoms with Crippen LogP contribution < -0.4 is 10.5 Å². The van der Waals surface area contributed by atoms with Crippen LogP contribution in [0.4, 0.5) is 10.1 Å². The van der Waals surface area contributed by atoms with Crippen molar-refractivity contribution in [3.8, 4) is 16.9 Å². The Bertz CT molecular complexity index is 1490. The summed E-state index contributed by atoms with van der Waals surface area (Å²) in [6, 6.07) is 14.0. The summed E-state index contributed by atoms with van der Waals surface area (Å²) >= 11 is 6.10. The summed E-state index contributed by atoms with van der Waals surface area (Å²) in [7, 11) is -4.18. The van der Waals surface area contributed by atoms with Gasteiger partial charge in [-0.15, -0.1) is 0 Å². The minimum Gasteiger partial charge on any atom is -0.326 e. The van der Waals surface area contributed by atoms with Crippen molar-refractivity contribution < 1.29 is 17.6 Å². The lowest BCUT2D eigenvalue weighted by molar-refractivity contribution is -0.115. The molecule has 11 heteroatoms. The predicted molar refractivity (Wildman–Crippen MR) is 127 cm³/mol. The number of nitrogens with two attached hydrogens (primary N) is 1. The second kappa shape index (κ2) is 9.34. The SMILES string of the molecule is Cc1nn(-c2ccc(NC(=O)Cc3ccccc3Cl)cc2S(N)(=O)=O)cc1-c1ccc(F)cn1. The molecule has 0 aliphatic heterocycles. The summed E-state index contributed by atoms with van der Waals surface area (Å²) in [5.74, 6) is -0.849. The molecule has 8 nitrogen and oxygen atoms in total. The first-order chi connectivity index (χ1) is 16.1. The van der Waals surface area contributed by atoms with Crippen molar-refractivity contribution in [2.24, 2.45) is 5.14 Å². The molecule has 0 bridgehead atoms. The molecule has 174 valence electrons. The van der Waals surface area contributed by atoms with E-state index >= 15 is 0 Å². The van der Waals surface area contributed by atoms with Gasteiger partial charge in [0.2, 0.25) is 15.9 Å². The molecule has 4 aromatic rings. The summed E-state index contributed by atoms with van der Waals surface area (Å²) in [5, 5.41) is 12.9. The zero-order valence-electron chi connectivity index (χ0n) is 17.9. The van der Waals surface area contributed by atoms with Crippen LogP contribution in [0.5, 0.6) is 0 Å². The standard InChI is InChI=1S/C23H19ClFN5O3S/c1-14-18(20-8-6-16(25)12-27-20)13-30(29-14)21-9-7-17(11-22(21)34(26,32)33)28-23(31)10-15-4-2-3-5-19(15)24/h2-9,11-13H,10H2,1H3,(H,28,31)(H2,26,32,33). The van der Waals surface area contributed by atoms with Crippen molar-refractivity contribution >= 4 is 33.2 Å². The van der Waals surface area contributed by atoms with Gasteiger partial charge in [-0.25, -0.2) is 22.6 Å². The van der Waals surface area contributed by atoms with Gasteiger partial charge in [-0.1, -0.05) is 29.8 Å². The molecule has 0 aliphatic rings. The Hall–Kier alpha value is -3.60. The van der Waals surface area contributed by atoms with Gasteiger partial charge < -0.3 is 5.32 Å². The van der Waals surface area contributed by atoms with Crippen molar-refractivity contribution in [2.75, 3.05) is 5.32 Å². The zero-order valence-corrected chi connectivity index (χ0v) is 19.4. The Kier molecular flexibility index (Phi) is 6.47. The fourth-order valence-corrected chi connectivity index (χ4v) is 4.35. The third-order valence-electron chi connectivity index (χ3n) is 5.01. The quantitative estimate of drug-likeness (QED) is 0.417. The Morgan fingerprint density at radius 2 is 1.94 bits per heavy atom. The van der Waals surface area contributed by atoms with Gasteiger partial charge in [0.25, 0.3) is 0 Å². The Balaban J connectivity index is 1.66. The number of aryl methyl sites for hydroxylation is 1. The number of carbonyl (C=O) groups excluding carboxylic acids is 1. The van der Waals surface area contributed by atoms with E-state index in [-0.39, 0.29) is 28.6 Å². The normalized spacial score (nSPS) is 11.4. The van der Waals surface area contributed by atoms with Crippen molar-refractivity contribution in [3.05, 3.63) is 89.1 Å². The van der Waals surface area contributed by atoms with E-state index in [0.29, 0.717) is 27.5 Å². The molecule has 3 N–H and O–H groups in total. The molecule has 34 heavy (non-hydrogen) atoms. The third-order valence-corrected chi connectivity index (χ3v) is 6.32. The van der Waals surface area contributed by atoms with Gasteiger partial charge in [0.15, 0.2) is 0 Å². The van der Waals surface area contributed by atoms with Crippen LogP contribution in [-0.4, -0.2) is 29.1 Å². The lowest BCUT2D eigenvalue weighted by Crippen LogP contribution is -2.18. The summed E-state index contributed by atoms with van der Waals surface area (Å²) < 4.78 is 39.3. The van der Waals surface area contributed by atoms with Gasteiger partial charge >= 0.3 is 0 Å². The number of nitrogens with zero attached hydrogens (tertiary/aromatic N) is 3. The summed E-state index contributed by atoms with van der Waals surface area (Å²) in [6.07, 6.45) is 2.68. The average Bonchev–Trinajstić information content (AvgIpc) is 3.16. The highest BCUT2D eigenvalue weighted by atomic mass is 35.5. The van der Waals surface area contributed by atoms with E-state index in [1.165, 1.54) is 28.9 Å². The van der Waals surface area contributed by atoms with Crippen LogP contribution >= 0.6 is 11.6 Å². The van der Waals surface area contributed by atoms with Crippen LogP contribution in [0, 0.1) is 12.7 Å². The van der Waals surface area contributed by atoms with Crippen LogP contribution in [-0.2, 0) is 21.2 Å². The van der Waals surface area contributed by atoms with E-state index in [2.05, 4.69) is 15.4 Å². The number of hydrogen-bond acceptors (Lipinski definition) is 5. The Labute approximate surface area is 200 Å². The zero-order chi connectivity index (χ0) is 24.5. The molecule has 0 saturated heterocycles. The molecule has 2 aromatic heterocycles. The molecular weight excluding hydrogens is 481 g/mol. The minimum atomic E-state index is -4.18. The number of halogens is 2. The average molecular weight is 500 g/mol. The lowest BCUT2D eigenvalue weighted by atomic mass is 10.1. The topological polar surface area (TPSA) is 120 Å². The first kappa shape index (κ1) is 23.6. The van der Waals surface area contributed by atoms with Crippen molar-refractivity contribution in [2.45, 2.75) is 18.2 Å². The van der Waals surface area contributed by atoms with E-state index in [9.17, 15) is 17.6 Å². The molecule has 1 amide bonds. The summed E-state index contributed by atoms with van der Waals surface area (Å²) in [4.78, 5) is 16.3. The molecule has 0 saturated carbocycles. The van der Waals surface area contributed by atoms with Gasteiger partial charge in [-0.2, -0.15) is 5.10 Å². The fraction of sp³-hybridized carbons (Fsp3) is 0.0870. The van der Waals surface area contributed by atoms with Gasteiger partial charge in [0.05, 0.1) is 29.7 Å². The molecule has 0 aliphatic carbocycles. The maximum atomic E-state index is 13.2. The van der Waals surface area contributed by atoms with Crippen molar-refractivity contribution in [1.82, 2.24) is 14.8 Å². The highest BCUT2D eigenvalue weighted by molar-refractivity contribution is 7.89. The third kappa shape index (κ3) is 5.14. The van der Waals surface area contributed by atoms with E-state index < -0.39 is 15.8 Å². The largest absolute Gasteiger partial charge is 0.326 e. The molecule has 0 atom stereocenters. The lowest BCUT2D eigenvalue weighted by Gasteiger charge is -2.12. The molecule has 0 radical (unpaired) electrons. The maximum absolute atomic E-state index is 13.2. The van der Waals surface area contributed by atoms with Crippen LogP contribution in [0.2, 0.25) is 5.02 Å². The number of pyridine rings is 1. The molecular formula is C23H19ClFN5O3S. The fourth-order valence-electron chi connectivity index (χ4n) is 3.40. The van der Waals surface area contributed by atoms with Crippen molar-refractivity contribution in [3.63, 3.8) is 0 Å². The number of benzene rings is 2. The predicted octanol–water partition coefficient (Wildman–Crippen LogP) is 3.86. The van der Waals surface area contributed by atoms with E-state index in [1.807, 2.05) is 0 Å². The first-order valence-electron chi connectivity index (χ1n) is 10.0. The molecule has 0 fully saturated rings. The van der Waals surface area contributed by atoms with E-state index in [4.69, 9.17) is 16.7 Å². The van der Waals surface area contributed by atoms with Gasteiger partial charge in [0.1, 0.15) is 10.7 Å². The monoisotopic (exact) mass is 499 g/mol. The number of rotatable bonds is 6. The molecule has 2 aromatic carbocycles. The summed E-state index contributed by atoms with van der Waals surface area (Å²) in [5.41, 5.74) is 2.69. The number of aromatic nitrogens is 3. The smallest absolute Gasteiger partial charge is 0.240 e. The van der Waals surface area contributed by atoms with Crippen LogP contribution in [0.25, 0.3) is 16.9 Å². The second-order valence-electron chi connectivity index (χ2n) is 7.48. The number of anilines is 1. The molecule has 0 spiro atoms. The minimum absolute atomic E-state index is 0.0124. The molecule has 4 rings (SSSR count). The molecule has 0 unspecified atom stereocenters. The van der Waals surface area contributed by atoms with Gasteiger partial charge in [-0.3, -0.25) is 9.78 Å². The number of hydrogen-bond donors (Lipinski definition) is 2. The Morgan fingerprint density at radius 3 is 2.62 bits per heavy atom. The van der Waals surface area contributed by atoms with Crippen LogP contribution in [0.1, 0.15) is 11.3 Å². The number of nitrogens with one attached hydrogen (secondary N) is 1. The highest BCUT2D eigenvalue weighted by Gasteiger charge is 2.20. The second-order valence-corrected chi connectivity index (χ2v) is 9.42. The first-order valence-corrected chi connectivity index (χ1v) is 11.9. The van der Waals surface area contributed by atoms with Crippen LogP contribution in [0.15, 0.2) is 71.9 Å². The molecule has 2 heterocycles. The highest BCUT2D eigenvalue weighted by Crippen LogP contribution is 2.27. The number of primary sulfonamides is 1. The van der Waals surface area contributed by atoms with E-state index in [1.54, 1.807) is 43.5 Å².